The van der Waals surface area contributed by atoms with E-state index in [4.69, 9.17) is 4.74 Å². The third-order valence-corrected chi connectivity index (χ3v) is 10.9. The Balaban J connectivity index is 1.45. The molecule has 0 N–H and O–H groups in total. The van der Waals surface area contributed by atoms with E-state index in [9.17, 15) is 0 Å². The molecule has 0 amide bonds. The van der Waals surface area contributed by atoms with Gasteiger partial charge in [-0.05, 0) is 67.9 Å². The van der Waals surface area contributed by atoms with Gasteiger partial charge in [0.2, 0.25) is 0 Å². The van der Waals surface area contributed by atoms with Gasteiger partial charge in [-0.25, -0.2) is 0 Å². The Morgan fingerprint density at radius 1 is 0.383 bits per heavy atom. The minimum Gasteiger partial charge on any atom is -0.455 e. The Morgan fingerprint density at radius 2 is 0.851 bits per heavy atom. The van der Waals surface area contributed by atoms with E-state index in [0.29, 0.717) is 0 Å². The van der Waals surface area contributed by atoms with Crippen LogP contribution in [0, 0.1) is 0 Å². The Bertz CT molecular complexity index is 2420. The number of rotatable bonds is 2. The summed E-state index contributed by atoms with van der Waals surface area (Å²) in [4.78, 5) is 0. The van der Waals surface area contributed by atoms with E-state index in [-0.39, 0.29) is 0 Å². The van der Waals surface area contributed by atoms with E-state index in [1.165, 1.54) is 66.4 Å². The topological polar surface area (TPSA) is 9.23 Å². The molecular weight excluding hydrogens is 636 g/mol. The van der Waals surface area contributed by atoms with Gasteiger partial charge in [-0.3, -0.25) is 0 Å². The second kappa shape index (κ2) is 10.0. The zero-order chi connectivity index (χ0) is 31.1. The molecule has 0 atom stereocenters. The SMILES string of the molecule is Brc1cccc2c1-c1ccccc1C21c2cc(-c3ccccc3)c3ccccc3c2Oc2c1cc(-c1ccccc1)c1ccccc21. The first-order valence-corrected chi connectivity index (χ1v) is 16.8. The van der Waals surface area contributed by atoms with Gasteiger partial charge in [-0.2, -0.15) is 0 Å². The molecule has 2 heteroatoms. The third-order valence-electron chi connectivity index (χ3n) is 10.2. The summed E-state index contributed by atoms with van der Waals surface area (Å²) in [7, 11) is 0. The molecule has 0 saturated heterocycles. The van der Waals surface area contributed by atoms with E-state index < -0.39 is 5.41 Å². The van der Waals surface area contributed by atoms with Crippen molar-refractivity contribution in [1.82, 2.24) is 0 Å². The summed E-state index contributed by atoms with van der Waals surface area (Å²) in [6.45, 7) is 0. The zero-order valence-corrected chi connectivity index (χ0v) is 27.0. The molecule has 1 heterocycles. The highest BCUT2D eigenvalue weighted by molar-refractivity contribution is 9.10. The van der Waals surface area contributed by atoms with Crippen LogP contribution in [0.2, 0.25) is 0 Å². The van der Waals surface area contributed by atoms with Crippen LogP contribution in [0.15, 0.2) is 168 Å². The lowest BCUT2D eigenvalue weighted by Crippen LogP contribution is -2.32. The minimum atomic E-state index is -0.625. The maximum Gasteiger partial charge on any atom is 0.140 e. The molecule has 0 bridgehead atoms. The summed E-state index contributed by atoms with van der Waals surface area (Å²) in [5.74, 6) is 1.85. The number of benzene rings is 8. The van der Waals surface area contributed by atoms with Gasteiger partial charge in [0, 0.05) is 31.9 Å². The zero-order valence-electron chi connectivity index (χ0n) is 25.4. The predicted molar refractivity (Wildman–Crippen MR) is 197 cm³/mol. The van der Waals surface area contributed by atoms with Crippen LogP contribution in [0.3, 0.4) is 0 Å². The molecule has 8 aromatic carbocycles. The van der Waals surface area contributed by atoms with Gasteiger partial charge in [0.1, 0.15) is 11.5 Å². The van der Waals surface area contributed by atoms with Crippen LogP contribution in [0.25, 0.3) is 54.9 Å². The number of halogens is 1. The van der Waals surface area contributed by atoms with E-state index in [2.05, 4.69) is 180 Å². The van der Waals surface area contributed by atoms with Crippen LogP contribution in [0.4, 0.5) is 0 Å². The largest absolute Gasteiger partial charge is 0.455 e. The molecule has 0 radical (unpaired) electrons. The lowest BCUT2D eigenvalue weighted by Gasteiger charge is -2.41. The molecule has 0 saturated carbocycles. The second-order valence-electron chi connectivity index (χ2n) is 12.5. The van der Waals surface area contributed by atoms with Gasteiger partial charge in [0.05, 0.1) is 5.41 Å². The Labute approximate surface area is 281 Å². The summed E-state index contributed by atoms with van der Waals surface area (Å²) >= 11 is 4.00. The summed E-state index contributed by atoms with van der Waals surface area (Å²) in [6, 6.07) is 59.4. The van der Waals surface area contributed by atoms with Crippen molar-refractivity contribution in [3.05, 3.63) is 191 Å². The maximum absolute atomic E-state index is 7.32. The first kappa shape index (κ1) is 26.7. The second-order valence-corrected chi connectivity index (χ2v) is 13.3. The number of ether oxygens (including phenoxy) is 1. The number of hydrogen-bond donors (Lipinski definition) is 0. The molecule has 1 nitrogen and oxygen atoms in total. The summed E-state index contributed by atoms with van der Waals surface area (Å²) in [5.41, 5.74) is 11.5. The monoisotopic (exact) mass is 662 g/mol. The number of fused-ring (bicyclic) bond motifs is 13. The first-order chi connectivity index (χ1) is 23.2. The summed E-state index contributed by atoms with van der Waals surface area (Å²) in [6.07, 6.45) is 0. The normalized spacial score (nSPS) is 13.6. The van der Waals surface area contributed by atoms with E-state index in [1.807, 2.05) is 0 Å². The molecule has 1 aliphatic carbocycles. The first-order valence-electron chi connectivity index (χ1n) is 16.0. The average Bonchev–Trinajstić information content (AvgIpc) is 3.43. The van der Waals surface area contributed by atoms with Crippen molar-refractivity contribution in [2.75, 3.05) is 0 Å². The van der Waals surface area contributed by atoms with Crippen molar-refractivity contribution in [2.24, 2.45) is 0 Å². The third kappa shape index (κ3) is 3.59. The highest BCUT2D eigenvalue weighted by Crippen LogP contribution is 2.65. The molecule has 220 valence electrons. The molecule has 10 rings (SSSR count). The minimum absolute atomic E-state index is 0.625. The molecule has 2 aliphatic rings. The van der Waals surface area contributed by atoms with Gasteiger partial charge in [-0.1, -0.05) is 162 Å². The van der Waals surface area contributed by atoms with Gasteiger partial charge in [0.15, 0.2) is 0 Å². The van der Waals surface area contributed by atoms with Crippen molar-refractivity contribution < 1.29 is 4.74 Å². The molecule has 1 aliphatic heterocycles. The quantitative estimate of drug-likeness (QED) is 0.179. The molecule has 0 unspecified atom stereocenters. The van der Waals surface area contributed by atoms with Gasteiger partial charge in [-0.15, -0.1) is 0 Å². The van der Waals surface area contributed by atoms with E-state index in [0.717, 1.165) is 26.7 Å². The van der Waals surface area contributed by atoms with Crippen molar-refractivity contribution >= 4 is 37.5 Å². The Hall–Kier alpha value is -5.44. The smallest absolute Gasteiger partial charge is 0.140 e. The molecule has 0 aromatic heterocycles. The van der Waals surface area contributed by atoms with Crippen LogP contribution >= 0.6 is 15.9 Å². The highest BCUT2D eigenvalue weighted by Gasteiger charge is 2.52. The van der Waals surface area contributed by atoms with Crippen LogP contribution in [-0.4, -0.2) is 0 Å². The molecular formula is C45H27BrO. The van der Waals surface area contributed by atoms with Crippen molar-refractivity contribution in [3.63, 3.8) is 0 Å². The lowest BCUT2D eigenvalue weighted by molar-refractivity contribution is 0.447. The van der Waals surface area contributed by atoms with Crippen molar-refractivity contribution in [3.8, 4) is 44.9 Å². The fourth-order valence-electron chi connectivity index (χ4n) is 8.30. The maximum atomic E-state index is 7.32. The standard InChI is InChI=1S/C45H27BrO/c46-41-25-13-24-38-42(41)34-22-11-12-23-37(34)45(38)39-26-35(28-14-3-1-4-15-28)30-18-7-9-20-32(30)43(39)47-44-33-21-10-8-19-31(33)36(27-40(44)45)29-16-5-2-6-17-29/h1-27H. The Morgan fingerprint density at radius 3 is 1.43 bits per heavy atom. The molecule has 1 spiro atoms. The fourth-order valence-corrected chi connectivity index (χ4v) is 8.88. The Kier molecular flexibility index (Phi) is 5.71. The van der Waals surface area contributed by atoms with Crippen LogP contribution in [0.5, 0.6) is 11.5 Å². The molecule has 8 aromatic rings. The van der Waals surface area contributed by atoms with Crippen molar-refractivity contribution in [1.29, 1.82) is 0 Å². The summed E-state index contributed by atoms with van der Waals surface area (Å²) in [5, 5.41) is 4.60. The molecule has 47 heavy (non-hydrogen) atoms. The molecule has 0 fully saturated rings. The summed E-state index contributed by atoms with van der Waals surface area (Å²) < 4.78 is 8.42. The van der Waals surface area contributed by atoms with Crippen LogP contribution in [-0.2, 0) is 5.41 Å². The lowest BCUT2D eigenvalue weighted by atomic mass is 9.64. The predicted octanol–water partition coefficient (Wildman–Crippen LogP) is 12.6. The van der Waals surface area contributed by atoms with Crippen LogP contribution < -0.4 is 4.74 Å². The van der Waals surface area contributed by atoms with E-state index in [1.54, 1.807) is 0 Å². The fraction of sp³-hybridized carbons (Fsp3) is 0.0222. The average molecular weight is 664 g/mol. The van der Waals surface area contributed by atoms with Crippen molar-refractivity contribution in [2.45, 2.75) is 5.41 Å². The van der Waals surface area contributed by atoms with Crippen LogP contribution in [0.1, 0.15) is 22.3 Å². The van der Waals surface area contributed by atoms with Gasteiger partial charge < -0.3 is 4.74 Å². The highest BCUT2D eigenvalue weighted by atomic mass is 79.9. The van der Waals surface area contributed by atoms with E-state index >= 15 is 0 Å². The number of hydrogen-bond acceptors (Lipinski definition) is 1. The van der Waals surface area contributed by atoms with Gasteiger partial charge >= 0.3 is 0 Å². The van der Waals surface area contributed by atoms with Gasteiger partial charge in [0.25, 0.3) is 0 Å².